The quantitative estimate of drug-likeness (QED) is 0.152. The molecule has 3 amide bonds. The fourth-order valence-electron chi connectivity index (χ4n) is 6.31. The van der Waals surface area contributed by atoms with Crippen molar-refractivity contribution >= 4 is 34.2 Å². The number of likely N-dealkylation sites (tertiary alicyclic amines) is 1. The van der Waals surface area contributed by atoms with E-state index in [0.717, 1.165) is 30.9 Å². The Morgan fingerprint density at radius 1 is 0.787 bits per heavy atom. The number of hydrogen-bond donors (Lipinski definition) is 3. The Hall–Kier alpha value is -5.08. The number of carbonyl (C=O) groups excluding carboxylic acids is 2. The molecule has 4 aromatic carbocycles. The van der Waals surface area contributed by atoms with E-state index in [4.69, 9.17) is 4.74 Å². The van der Waals surface area contributed by atoms with Crippen LogP contribution >= 0.6 is 0 Å². The molecule has 242 valence electrons. The highest BCUT2D eigenvalue weighted by molar-refractivity contribution is 6.04. The van der Waals surface area contributed by atoms with E-state index < -0.39 is 0 Å². The summed E-state index contributed by atoms with van der Waals surface area (Å²) in [6, 6.07) is 28.8. The van der Waals surface area contributed by atoms with Crippen molar-refractivity contribution in [2.45, 2.75) is 59.5 Å². The second-order valence-electron chi connectivity index (χ2n) is 12.6. The summed E-state index contributed by atoms with van der Waals surface area (Å²) in [5.41, 5.74) is 7.91. The van der Waals surface area contributed by atoms with Crippen molar-refractivity contribution in [1.82, 2.24) is 14.8 Å². The summed E-state index contributed by atoms with van der Waals surface area (Å²) in [7, 11) is 0. The van der Waals surface area contributed by atoms with E-state index in [9.17, 15) is 9.59 Å². The second-order valence-corrected chi connectivity index (χ2v) is 12.6. The van der Waals surface area contributed by atoms with Crippen LogP contribution in [0, 0.1) is 13.8 Å². The molecule has 6 rings (SSSR count). The lowest BCUT2D eigenvalue weighted by Crippen LogP contribution is -2.34. The highest BCUT2D eigenvalue weighted by Crippen LogP contribution is 2.32. The molecule has 5 aromatic rings. The molecule has 0 spiro atoms. The van der Waals surface area contributed by atoms with E-state index in [2.05, 4.69) is 69.6 Å². The smallest absolute Gasteiger partial charge is 0.319 e. The van der Waals surface area contributed by atoms with Crippen LogP contribution in [0.2, 0.25) is 0 Å². The molecule has 8 heteroatoms. The first-order chi connectivity index (χ1) is 22.7. The first-order valence-electron chi connectivity index (χ1n) is 16.4. The van der Waals surface area contributed by atoms with E-state index in [1.165, 1.54) is 41.4 Å². The van der Waals surface area contributed by atoms with Crippen LogP contribution < -0.4 is 20.7 Å². The molecule has 1 aromatic heterocycles. The molecule has 2 heterocycles. The lowest BCUT2D eigenvalue weighted by Gasteiger charge is -2.26. The second kappa shape index (κ2) is 14.1. The number of nitrogens with one attached hydrogen (secondary N) is 3. The Labute approximate surface area is 276 Å². The summed E-state index contributed by atoms with van der Waals surface area (Å²) in [6.07, 6.45) is 3.87. The van der Waals surface area contributed by atoms with Gasteiger partial charge in [0.25, 0.3) is 5.91 Å². The fraction of sp³-hybridized carbons (Fsp3) is 0.282. The Kier molecular flexibility index (Phi) is 9.59. The molecule has 0 atom stereocenters. The third-order valence-electron chi connectivity index (χ3n) is 8.65. The summed E-state index contributed by atoms with van der Waals surface area (Å²) in [5.74, 6) is 1.10. The van der Waals surface area contributed by atoms with Crippen LogP contribution in [0.1, 0.15) is 60.3 Å². The summed E-state index contributed by atoms with van der Waals surface area (Å²) < 4.78 is 8.30. The maximum absolute atomic E-state index is 13.3. The molecule has 1 saturated heterocycles. The van der Waals surface area contributed by atoms with Gasteiger partial charge in [0.2, 0.25) is 0 Å². The van der Waals surface area contributed by atoms with Crippen LogP contribution in [0.25, 0.3) is 16.6 Å². The van der Waals surface area contributed by atoms with Gasteiger partial charge in [-0.2, -0.15) is 0 Å². The number of rotatable bonds is 9. The number of nitrogens with zero attached hydrogens (tertiary/aromatic N) is 2. The molecule has 1 fully saturated rings. The molecule has 0 bridgehead atoms. The van der Waals surface area contributed by atoms with Gasteiger partial charge in [0.15, 0.2) is 0 Å². The van der Waals surface area contributed by atoms with Gasteiger partial charge in [0.1, 0.15) is 11.5 Å². The van der Waals surface area contributed by atoms with Gasteiger partial charge in [0.05, 0.1) is 5.52 Å². The molecule has 1 aliphatic heterocycles. The number of aromatic nitrogens is 1. The van der Waals surface area contributed by atoms with Crippen molar-refractivity contribution in [3.63, 3.8) is 0 Å². The number of hydrogen-bond acceptors (Lipinski definition) is 4. The molecule has 8 nitrogen and oxygen atoms in total. The van der Waals surface area contributed by atoms with Gasteiger partial charge in [-0.1, -0.05) is 24.6 Å². The van der Waals surface area contributed by atoms with E-state index in [1.807, 2.05) is 50.2 Å². The maximum Gasteiger partial charge on any atom is 0.319 e. The summed E-state index contributed by atoms with van der Waals surface area (Å²) in [4.78, 5) is 27.8. The fourth-order valence-corrected chi connectivity index (χ4v) is 6.31. The van der Waals surface area contributed by atoms with E-state index in [0.29, 0.717) is 28.4 Å². The number of fused-ring (bicyclic) bond motifs is 1. The van der Waals surface area contributed by atoms with E-state index in [1.54, 1.807) is 24.3 Å². The third-order valence-corrected chi connectivity index (χ3v) is 8.65. The minimum absolute atomic E-state index is 0.0540. The Morgan fingerprint density at radius 3 is 2.06 bits per heavy atom. The van der Waals surface area contributed by atoms with Crippen molar-refractivity contribution < 1.29 is 14.3 Å². The monoisotopic (exact) mass is 629 g/mol. The van der Waals surface area contributed by atoms with Gasteiger partial charge < -0.3 is 25.3 Å². The van der Waals surface area contributed by atoms with Gasteiger partial charge in [-0.3, -0.25) is 9.69 Å². The number of piperidine rings is 1. The average Bonchev–Trinajstić information content (AvgIpc) is 3.33. The first kappa shape index (κ1) is 31.9. The number of benzene rings is 4. The van der Waals surface area contributed by atoms with Crippen molar-refractivity contribution in [3.05, 3.63) is 113 Å². The van der Waals surface area contributed by atoms with Crippen molar-refractivity contribution in [2.75, 3.05) is 23.7 Å². The highest BCUT2D eigenvalue weighted by Gasteiger charge is 2.20. The van der Waals surface area contributed by atoms with Gasteiger partial charge >= 0.3 is 6.03 Å². The Morgan fingerprint density at radius 2 is 1.43 bits per heavy atom. The van der Waals surface area contributed by atoms with Crippen molar-refractivity contribution in [2.24, 2.45) is 0 Å². The molecule has 3 N–H and O–H groups in total. The molecular formula is C39H43N5O3. The number of urea groups is 1. The summed E-state index contributed by atoms with van der Waals surface area (Å²) in [5, 5.41) is 9.89. The standard InChI is InChI=1S/C39H43N5O3/c1-26(2)40-39(46)42-31-15-19-33(20-16-31)47-32-17-13-30(14-18-32)41-38(45)29-12-21-36(27(3)24-29)44-28(4)35(25-43-22-8-5-9-23-43)34-10-6-7-11-37(34)44/h6-7,10-21,24,26H,5,8-9,22-23,25H2,1-4H3,(H,41,45)(H2,40,42,46). The molecule has 47 heavy (non-hydrogen) atoms. The topological polar surface area (TPSA) is 87.6 Å². The third kappa shape index (κ3) is 7.50. The molecule has 0 saturated carbocycles. The Bertz CT molecular complexity index is 1870. The van der Waals surface area contributed by atoms with Crippen LogP contribution in [0.3, 0.4) is 0 Å². The van der Waals surface area contributed by atoms with Crippen LogP contribution in [0.4, 0.5) is 16.2 Å². The molecule has 0 radical (unpaired) electrons. The van der Waals surface area contributed by atoms with Crippen LogP contribution in [0.15, 0.2) is 91.0 Å². The highest BCUT2D eigenvalue weighted by atomic mass is 16.5. The number of anilines is 2. The zero-order valence-corrected chi connectivity index (χ0v) is 27.6. The lowest BCUT2D eigenvalue weighted by molar-refractivity contribution is 0.102. The number of carbonyl (C=O) groups is 2. The molecule has 0 aliphatic carbocycles. The van der Waals surface area contributed by atoms with Gasteiger partial charge in [-0.05, 0) is 138 Å². The number of para-hydroxylation sites is 1. The van der Waals surface area contributed by atoms with Crippen LogP contribution in [0.5, 0.6) is 11.5 Å². The first-order valence-corrected chi connectivity index (χ1v) is 16.4. The normalized spacial score (nSPS) is 13.5. The van der Waals surface area contributed by atoms with Gasteiger partial charge in [0, 0.05) is 46.3 Å². The largest absolute Gasteiger partial charge is 0.457 e. The Balaban J connectivity index is 1.12. The minimum Gasteiger partial charge on any atom is -0.457 e. The average molecular weight is 630 g/mol. The van der Waals surface area contributed by atoms with Gasteiger partial charge in [-0.15, -0.1) is 0 Å². The molecule has 1 aliphatic rings. The molecular weight excluding hydrogens is 586 g/mol. The number of aryl methyl sites for hydroxylation is 1. The van der Waals surface area contributed by atoms with Gasteiger partial charge in [-0.25, -0.2) is 4.79 Å². The lowest BCUT2D eigenvalue weighted by atomic mass is 10.1. The maximum atomic E-state index is 13.3. The summed E-state index contributed by atoms with van der Waals surface area (Å²) in [6.45, 7) is 11.4. The van der Waals surface area contributed by atoms with Crippen molar-refractivity contribution in [1.29, 1.82) is 0 Å². The number of ether oxygens (including phenoxy) is 1. The van der Waals surface area contributed by atoms with E-state index in [-0.39, 0.29) is 18.0 Å². The zero-order chi connectivity index (χ0) is 32.9. The zero-order valence-electron chi connectivity index (χ0n) is 27.6. The summed E-state index contributed by atoms with van der Waals surface area (Å²) >= 11 is 0. The predicted molar refractivity (Wildman–Crippen MR) is 190 cm³/mol. The van der Waals surface area contributed by atoms with Crippen molar-refractivity contribution in [3.8, 4) is 17.2 Å². The van der Waals surface area contributed by atoms with Crippen LogP contribution in [-0.4, -0.2) is 40.5 Å². The molecule has 0 unspecified atom stereocenters. The van der Waals surface area contributed by atoms with Crippen LogP contribution in [-0.2, 0) is 6.54 Å². The SMILES string of the molecule is Cc1cc(C(=O)Nc2ccc(Oc3ccc(NC(=O)NC(C)C)cc3)cc2)ccc1-n1c(C)c(CN2CCCCC2)c2ccccc21. The van der Waals surface area contributed by atoms with E-state index >= 15 is 0 Å². The predicted octanol–water partition coefficient (Wildman–Crippen LogP) is 8.81. The number of amides is 3. The minimum atomic E-state index is -0.251.